The Balaban J connectivity index is 1.76. The SMILES string of the molecule is CCOc1ccc(OCNC(=O)Nc2ccc(Cl)c(Cl)c2)cc1. The number of hydrogen-bond acceptors (Lipinski definition) is 3. The zero-order valence-corrected chi connectivity index (χ0v) is 13.9. The van der Waals surface area contributed by atoms with Crippen molar-refractivity contribution in [2.24, 2.45) is 0 Å². The Morgan fingerprint density at radius 1 is 1.00 bits per heavy atom. The lowest BCUT2D eigenvalue weighted by Crippen LogP contribution is -2.31. The molecule has 0 fully saturated rings. The molecule has 5 nitrogen and oxygen atoms in total. The van der Waals surface area contributed by atoms with Gasteiger partial charge in [0, 0.05) is 5.69 Å². The standard InChI is InChI=1S/C16H16Cl2N2O3/c1-2-22-12-4-6-13(7-5-12)23-10-19-16(21)20-11-3-8-14(17)15(18)9-11/h3-9H,2,10H2,1H3,(H2,19,20,21). The highest BCUT2D eigenvalue weighted by molar-refractivity contribution is 6.42. The van der Waals surface area contributed by atoms with Crippen molar-refractivity contribution in [1.82, 2.24) is 5.32 Å². The Hall–Kier alpha value is -2.11. The van der Waals surface area contributed by atoms with Gasteiger partial charge in [-0.15, -0.1) is 0 Å². The van der Waals surface area contributed by atoms with Gasteiger partial charge in [0.25, 0.3) is 0 Å². The van der Waals surface area contributed by atoms with Crippen molar-refractivity contribution in [3.63, 3.8) is 0 Å². The summed E-state index contributed by atoms with van der Waals surface area (Å²) in [5.41, 5.74) is 0.540. The number of amides is 2. The monoisotopic (exact) mass is 354 g/mol. The van der Waals surface area contributed by atoms with Crippen LogP contribution in [0, 0.1) is 0 Å². The predicted molar refractivity (Wildman–Crippen MR) is 91.7 cm³/mol. The van der Waals surface area contributed by atoms with Gasteiger partial charge >= 0.3 is 6.03 Å². The summed E-state index contributed by atoms with van der Waals surface area (Å²) in [6, 6.07) is 11.6. The topological polar surface area (TPSA) is 59.6 Å². The van der Waals surface area contributed by atoms with Crippen LogP contribution in [0.4, 0.5) is 10.5 Å². The first-order chi connectivity index (χ1) is 11.1. The summed E-state index contributed by atoms with van der Waals surface area (Å²) in [4.78, 5) is 11.7. The molecule has 122 valence electrons. The fourth-order valence-electron chi connectivity index (χ4n) is 1.73. The minimum atomic E-state index is -0.408. The van der Waals surface area contributed by atoms with Crippen LogP contribution >= 0.6 is 23.2 Å². The molecule has 2 aromatic rings. The molecule has 0 unspecified atom stereocenters. The number of anilines is 1. The number of carbonyl (C=O) groups is 1. The smallest absolute Gasteiger partial charge is 0.321 e. The lowest BCUT2D eigenvalue weighted by Gasteiger charge is -2.10. The van der Waals surface area contributed by atoms with Gasteiger partial charge in [-0.1, -0.05) is 23.2 Å². The second kappa shape index (κ2) is 8.50. The van der Waals surface area contributed by atoms with Gasteiger partial charge in [-0.25, -0.2) is 4.79 Å². The van der Waals surface area contributed by atoms with E-state index in [2.05, 4.69) is 10.6 Å². The first-order valence-corrected chi connectivity index (χ1v) is 7.69. The zero-order valence-electron chi connectivity index (χ0n) is 12.4. The quantitative estimate of drug-likeness (QED) is 0.748. The lowest BCUT2D eigenvalue weighted by atomic mass is 10.3. The minimum Gasteiger partial charge on any atom is -0.494 e. The van der Waals surface area contributed by atoms with Crippen molar-refractivity contribution in [3.8, 4) is 11.5 Å². The van der Waals surface area contributed by atoms with Gasteiger partial charge in [0.2, 0.25) is 0 Å². The van der Waals surface area contributed by atoms with Gasteiger partial charge in [0.1, 0.15) is 11.5 Å². The van der Waals surface area contributed by atoms with Crippen molar-refractivity contribution in [2.45, 2.75) is 6.92 Å². The molecule has 0 heterocycles. The average Bonchev–Trinajstić information content (AvgIpc) is 2.53. The molecule has 0 aliphatic rings. The van der Waals surface area contributed by atoms with Crippen LogP contribution in [0.25, 0.3) is 0 Å². The molecule has 23 heavy (non-hydrogen) atoms. The molecule has 2 N–H and O–H groups in total. The maximum Gasteiger partial charge on any atom is 0.321 e. The molecule has 7 heteroatoms. The van der Waals surface area contributed by atoms with E-state index in [4.69, 9.17) is 32.7 Å². The number of halogens is 2. The number of nitrogens with one attached hydrogen (secondary N) is 2. The van der Waals surface area contributed by atoms with Gasteiger partial charge in [0.15, 0.2) is 6.73 Å². The highest BCUT2D eigenvalue weighted by atomic mass is 35.5. The van der Waals surface area contributed by atoms with Crippen molar-refractivity contribution in [1.29, 1.82) is 0 Å². The van der Waals surface area contributed by atoms with E-state index in [9.17, 15) is 4.79 Å². The van der Waals surface area contributed by atoms with Crippen molar-refractivity contribution < 1.29 is 14.3 Å². The molecule has 0 spiro atoms. The van der Waals surface area contributed by atoms with E-state index in [0.29, 0.717) is 28.1 Å². The van der Waals surface area contributed by atoms with Crippen molar-refractivity contribution in [2.75, 3.05) is 18.7 Å². The second-order valence-corrected chi connectivity index (χ2v) is 5.27. The predicted octanol–water partition coefficient (Wildman–Crippen LogP) is 4.55. The Kier molecular flexibility index (Phi) is 6.38. The average molecular weight is 355 g/mol. The summed E-state index contributed by atoms with van der Waals surface area (Å²) in [6.07, 6.45) is 0. The fraction of sp³-hybridized carbons (Fsp3) is 0.188. The van der Waals surface area contributed by atoms with E-state index in [0.717, 1.165) is 5.75 Å². The molecule has 2 aromatic carbocycles. The van der Waals surface area contributed by atoms with E-state index in [1.54, 1.807) is 42.5 Å². The van der Waals surface area contributed by atoms with E-state index in [1.165, 1.54) is 0 Å². The summed E-state index contributed by atoms with van der Waals surface area (Å²) in [7, 11) is 0. The summed E-state index contributed by atoms with van der Waals surface area (Å²) in [5, 5.41) is 6.00. The Bertz CT molecular complexity index is 663. The molecule has 0 saturated carbocycles. The fourth-order valence-corrected chi connectivity index (χ4v) is 2.03. The number of rotatable bonds is 6. The van der Waals surface area contributed by atoms with Gasteiger partial charge in [-0.3, -0.25) is 0 Å². The van der Waals surface area contributed by atoms with Crippen LogP contribution in [0.15, 0.2) is 42.5 Å². The molecule has 2 amide bonds. The van der Waals surface area contributed by atoms with Crippen LogP contribution in [0.5, 0.6) is 11.5 Å². The summed E-state index contributed by atoms with van der Waals surface area (Å²) < 4.78 is 10.7. The third-order valence-electron chi connectivity index (χ3n) is 2.78. The second-order valence-electron chi connectivity index (χ2n) is 4.45. The summed E-state index contributed by atoms with van der Waals surface area (Å²) in [5.74, 6) is 1.40. The molecular formula is C16H16Cl2N2O3. The van der Waals surface area contributed by atoms with Crippen LogP contribution in [0.1, 0.15) is 6.92 Å². The normalized spacial score (nSPS) is 10.0. The van der Waals surface area contributed by atoms with Gasteiger partial charge in [0.05, 0.1) is 16.7 Å². The van der Waals surface area contributed by atoms with E-state index < -0.39 is 6.03 Å². The van der Waals surface area contributed by atoms with E-state index >= 15 is 0 Å². The molecule has 2 rings (SSSR count). The zero-order chi connectivity index (χ0) is 16.7. The van der Waals surface area contributed by atoms with Crippen LogP contribution in [0.2, 0.25) is 10.0 Å². The Morgan fingerprint density at radius 3 is 2.26 bits per heavy atom. The minimum absolute atomic E-state index is 0.0289. The van der Waals surface area contributed by atoms with Crippen LogP contribution < -0.4 is 20.1 Å². The molecule has 0 aliphatic heterocycles. The molecule has 0 saturated heterocycles. The third kappa shape index (κ3) is 5.54. The highest BCUT2D eigenvalue weighted by Gasteiger charge is 2.04. The number of ether oxygens (including phenoxy) is 2. The van der Waals surface area contributed by atoms with Crippen LogP contribution in [0.3, 0.4) is 0 Å². The summed E-state index contributed by atoms with van der Waals surface area (Å²) >= 11 is 11.7. The number of carbonyl (C=O) groups excluding carboxylic acids is 1. The molecular weight excluding hydrogens is 339 g/mol. The van der Waals surface area contributed by atoms with Crippen molar-refractivity contribution >= 4 is 34.9 Å². The Labute approximate surface area is 144 Å². The number of hydrogen-bond donors (Lipinski definition) is 2. The molecule has 0 radical (unpaired) electrons. The molecule has 0 atom stereocenters. The largest absolute Gasteiger partial charge is 0.494 e. The highest BCUT2D eigenvalue weighted by Crippen LogP contribution is 2.24. The maximum atomic E-state index is 11.7. The number of benzene rings is 2. The number of urea groups is 1. The van der Waals surface area contributed by atoms with E-state index in [-0.39, 0.29) is 6.73 Å². The molecule has 0 bridgehead atoms. The van der Waals surface area contributed by atoms with Gasteiger partial charge in [-0.05, 0) is 49.4 Å². The lowest BCUT2D eigenvalue weighted by molar-refractivity contribution is 0.234. The summed E-state index contributed by atoms with van der Waals surface area (Å²) in [6.45, 7) is 2.55. The molecule has 0 aromatic heterocycles. The van der Waals surface area contributed by atoms with Gasteiger partial charge < -0.3 is 20.1 Å². The van der Waals surface area contributed by atoms with Gasteiger partial charge in [-0.2, -0.15) is 0 Å². The van der Waals surface area contributed by atoms with Crippen LogP contribution in [-0.4, -0.2) is 19.4 Å². The third-order valence-corrected chi connectivity index (χ3v) is 3.52. The van der Waals surface area contributed by atoms with Crippen LogP contribution in [-0.2, 0) is 0 Å². The molecule has 0 aliphatic carbocycles. The first-order valence-electron chi connectivity index (χ1n) is 6.94. The first kappa shape index (κ1) is 17.2. The maximum absolute atomic E-state index is 11.7. The van der Waals surface area contributed by atoms with E-state index in [1.807, 2.05) is 6.92 Å². The van der Waals surface area contributed by atoms with Crippen molar-refractivity contribution in [3.05, 3.63) is 52.5 Å². The Morgan fingerprint density at radius 2 is 1.65 bits per heavy atom.